The van der Waals surface area contributed by atoms with Crippen LogP contribution in [0.5, 0.6) is 5.75 Å². The SMILES string of the molecule is N#CC(NC(=O)c1ncccc1O)c1ccc(F)cc1F. The van der Waals surface area contributed by atoms with Gasteiger partial charge in [-0.05, 0) is 18.2 Å². The van der Waals surface area contributed by atoms with Crippen LogP contribution < -0.4 is 5.32 Å². The Labute approximate surface area is 118 Å². The topological polar surface area (TPSA) is 86.0 Å². The van der Waals surface area contributed by atoms with Crippen molar-refractivity contribution >= 4 is 5.91 Å². The van der Waals surface area contributed by atoms with E-state index in [1.807, 2.05) is 0 Å². The van der Waals surface area contributed by atoms with E-state index in [9.17, 15) is 18.7 Å². The third-order valence-corrected chi connectivity index (χ3v) is 2.68. The van der Waals surface area contributed by atoms with Gasteiger partial charge < -0.3 is 10.4 Å². The summed E-state index contributed by atoms with van der Waals surface area (Å²) in [6.45, 7) is 0. The van der Waals surface area contributed by atoms with Gasteiger partial charge in [0.15, 0.2) is 5.69 Å². The molecule has 1 atom stereocenters. The molecule has 0 bridgehead atoms. The van der Waals surface area contributed by atoms with Gasteiger partial charge in [-0.25, -0.2) is 13.8 Å². The number of nitriles is 1. The molecule has 106 valence electrons. The molecule has 7 heteroatoms. The summed E-state index contributed by atoms with van der Waals surface area (Å²) in [7, 11) is 0. The highest BCUT2D eigenvalue weighted by atomic mass is 19.1. The zero-order valence-electron chi connectivity index (χ0n) is 10.5. The van der Waals surface area contributed by atoms with Gasteiger partial charge in [0.2, 0.25) is 0 Å². The maximum atomic E-state index is 13.6. The average Bonchev–Trinajstić information content (AvgIpc) is 2.45. The molecule has 0 radical (unpaired) electrons. The smallest absolute Gasteiger partial charge is 0.275 e. The Bertz CT molecular complexity index is 728. The number of rotatable bonds is 3. The zero-order chi connectivity index (χ0) is 15.4. The normalized spacial score (nSPS) is 11.5. The lowest BCUT2D eigenvalue weighted by molar-refractivity contribution is 0.0936. The molecule has 1 aromatic carbocycles. The van der Waals surface area contributed by atoms with Gasteiger partial charge in [-0.2, -0.15) is 5.26 Å². The first kappa shape index (κ1) is 14.4. The predicted molar refractivity (Wildman–Crippen MR) is 68.1 cm³/mol. The molecule has 21 heavy (non-hydrogen) atoms. The first-order chi connectivity index (χ1) is 10.0. The number of carbonyl (C=O) groups excluding carboxylic acids is 1. The molecule has 0 aliphatic heterocycles. The number of nitrogens with one attached hydrogen (secondary N) is 1. The number of hydrogen-bond acceptors (Lipinski definition) is 4. The molecular formula is C14H9F2N3O2. The minimum absolute atomic E-state index is 0.178. The van der Waals surface area contributed by atoms with Crippen molar-refractivity contribution in [2.24, 2.45) is 0 Å². The van der Waals surface area contributed by atoms with Gasteiger partial charge in [-0.1, -0.05) is 6.07 Å². The van der Waals surface area contributed by atoms with Crippen LogP contribution in [0.25, 0.3) is 0 Å². The van der Waals surface area contributed by atoms with Gasteiger partial charge in [-0.3, -0.25) is 4.79 Å². The summed E-state index contributed by atoms with van der Waals surface area (Å²) in [4.78, 5) is 15.6. The Balaban J connectivity index is 2.26. The van der Waals surface area contributed by atoms with E-state index >= 15 is 0 Å². The number of pyridine rings is 1. The molecule has 0 spiro atoms. The minimum Gasteiger partial charge on any atom is -0.505 e. The molecule has 0 aliphatic rings. The number of amides is 1. The fourth-order valence-corrected chi connectivity index (χ4v) is 1.69. The van der Waals surface area contributed by atoms with Crippen LogP contribution in [-0.4, -0.2) is 16.0 Å². The third-order valence-electron chi connectivity index (χ3n) is 2.68. The van der Waals surface area contributed by atoms with Crippen LogP contribution in [0, 0.1) is 23.0 Å². The minimum atomic E-state index is -1.33. The quantitative estimate of drug-likeness (QED) is 0.905. The van der Waals surface area contributed by atoms with Gasteiger partial charge >= 0.3 is 0 Å². The van der Waals surface area contributed by atoms with E-state index in [2.05, 4.69) is 10.3 Å². The van der Waals surface area contributed by atoms with E-state index in [0.717, 1.165) is 12.1 Å². The predicted octanol–water partition coefficient (Wildman–Crippen LogP) is 2.06. The van der Waals surface area contributed by atoms with Crippen LogP contribution in [0.3, 0.4) is 0 Å². The van der Waals surface area contributed by atoms with Crippen LogP contribution in [-0.2, 0) is 0 Å². The molecular weight excluding hydrogens is 280 g/mol. The summed E-state index contributed by atoms with van der Waals surface area (Å²) < 4.78 is 26.5. The van der Waals surface area contributed by atoms with Crippen molar-refractivity contribution in [2.75, 3.05) is 0 Å². The van der Waals surface area contributed by atoms with Crippen molar-refractivity contribution in [1.82, 2.24) is 10.3 Å². The molecule has 0 aliphatic carbocycles. The fraction of sp³-hybridized carbons (Fsp3) is 0.0714. The molecule has 5 nitrogen and oxygen atoms in total. The second kappa shape index (κ2) is 5.96. The maximum absolute atomic E-state index is 13.6. The lowest BCUT2D eigenvalue weighted by Crippen LogP contribution is -2.29. The van der Waals surface area contributed by atoms with Gasteiger partial charge in [0.05, 0.1) is 6.07 Å². The number of halogens is 2. The van der Waals surface area contributed by atoms with E-state index in [4.69, 9.17) is 5.26 Å². The van der Waals surface area contributed by atoms with Crippen LogP contribution in [0.15, 0.2) is 36.5 Å². The lowest BCUT2D eigenvalue weighted by Gasteiger charge is -2.13. The Kier molecular flexibility index (Phi) is 4.09. The zero-order valence-corrected chi connectivity index (χ0v) is 10.5. The van der Waals surface area contributed by atoms with E-state index in [-0.39, 0.29) is 17.0 Å². The number of hydrogen-bond donors (Lipinski definition) is 2. The van der Waals surface area contributed by atoms with Crippen LogP contribution >= 0.6 is 0 Å². The van der Waals surface area contributed by atoms with E-state index in [0.29, 0.717) is 6.07 Å². The highest BCUT2D eigenvalue weighted by Gasteiger charge is 2.21. The first-order valence-corrected chi connectivity index (χ1v) is 5.82. The number of benzene rings is 1. The summed E-state index contributed by atoms with van der Waals surface area (Å²) >= 11 is 0. The van der Waals surface area contributed by atoms with Gasteiger partial charge in [0.25, 0.3) is 5.91 Å². The Hall–Kier alpha value is -3.01. The highest BCUT2D eigenvalue weighted by Crippen LogP contribution is 2.19. The lowest BCUT2D eigenvalue weighted by atomic mass is 10.1. The average molecular weight is 289 g/mol. The Morgan fingerprint density at radius 1 is 1.38 bits per heavy atom. The van der Waals surface area contributed by atoms with Crippen LogP contribution in [0.1, 0.15) is 22.1 Å². The standard InChI is InChI=1S/C14H9F2N3O2/c15-8-3-4-9(10(16)6-8)11(7-17)19-14(21)13-12(20)2-1-5-18-13/h1-6,11,20H,(H,19,21). The summed E-state index contributed by atoms with van der Waals surface area (Å²) in [5, 5.41) is 20.7. The highest BCUT2D eigenvalue weighted by molar-refractivity contribution is 5.95. The van der Waals surface area contributed by atoms with Crippen molar-refractivity contribution < 1.29 is 18.7 Å². The second-order valence-corrected chi connectivity index (χ2v) is 4.07. The molecule has 0 saturated heterocycles. The molecule has 2 N–H and O–H groups in total. The van der Waals surface area contributed by atoms with Gasteiger partial charge in [0, 0.05) is 17.8 Å². The maximum Gasteiger partial charge on any atom is 0.275 e. The van der Waals surface area contributed by atoms with Crippen LogP contribution in [0.4, 0.5) is 8.78 Å². The number of aromatic hydroxyl groups is 1. The molecule has 1 aromatic heterocycles. The Morgan fingerprint density at radius 2 is 2.14 bits per heavy atom. The molecule has 0 fully saturated rings. The monoisotopic (exact) mass is 289 g/mol. The molecule has 2 aromatic rings. The first-order valence-electron chi connectivity index (χ1n) is 5.82. The largest absolute Gasteiger partial charge is 0.505 e. The molecule has 1 amide bonds. The summed E-state index contributed by atoms with van der Waals surface area (Å²) in [5.74, 6) is -2.96. The van der Waals surface area contributed by atoms with E-state index in [1.165, 1.54) is 18.3 Å². The number of carbonyl (C=O) groups is 1. The van der Waals surface area contributed by atoms with Gasteiger partial charge in [0.1, 0.15) is 23.4 Å². The second-order valence-electron chi connectivity index (χ2n) is 4.07. The van der Waals surface area contributed by atoms with Crippen molar-refractivity contribution in [3.63, 3.8) is 0 Å². The molecule has 0 saturated carbocycles. The van der Waals surface area contributed by atoms with Crippen molar-refractivity contribution in [3.8, 4) is 11.8 Å². The van der Waals surface area contributed by atoms with Crippen molar-refractivity contribution in [2.45, 2.75) is 6.04 Å². The molecule has 1 heterocycles. The van der Waals surface area contributed by atoms with E-state index < -0.39 is 23.6 Å². The van der Waals surface area contributed by atoms with Crippen molar-refractivity contribution in [3.05, 3.63) is 59.4 Å². The fourth-order valence-electron chi connectivity index (χ4n) is 1.69. The van der Waals surface area contributed by atoms with Crippen molar-refractivity contribution in [1.29, 1.82) is 5.26 Å². The Morgan fingerprint density at radius 3 is 2.76 bits per heavy atom. The third kappa shape index (κ3) is 3.12. The van der Waals surface area contributed by atoms with Crippen LogP contribution in [0.2, 0.25) is 0 Å². The number of aromatic nitrogens is 1. The van der Waals surface area contributed by atoms with Gasteiger partial charge in [-0.15, -0.1) is 0 Å². The van der Waals surface area contributed by atoms with E-state index in [1.54, 1.807) is 6.07 Å². The summed E-state index contributed by atoms with van der Waals surface area (Å²) in [6.07, 6.45) is 1.29. The summed E-state index contributed by atoms with van der Waals surface area (Å²) in [6, 6.07) is 5.70. The summed E-state index contributed by atoms with van der Waals surface area (Å²) in [5.41, 5.74) is -0.469. The molecule has 2 rings (SSSR count). The molecule has 1 unspecified atom stereocenters. The number of nitrogens with zero attached hydrogens (tertiary/aromatic N) is 2.